The zero-order chi connectivity index (χ0) is 17.5. The minimum atomic E-state index is -1.08. The normalized spacial score (nSPS) is 24.0. The maximum absolute atomic E-state index is 12.9. The highest BCUT2D eigenvalue weighted by molar-refractivity contribution is 6.30. The summed E-state index contributed by atoms with van der Waals surface area (Å²) in [6.07, 6.45) is 2.14. The number of carbonyl (C=O) groups is 2. The number of ether oxygens (including phenoxy) is 1. The molecule has 1 aromatic rings. The van der Waals surface area contributed by atoms with Crippen LogP contribution in [0.15, 0.2) is 24.3 Å². The predicted octanol–water partition coefficient (Wildman–Crippen LogP) is 3.07. The molecule has 1 aliphatic carbocycles. The van der Waals surface area contributed by atoms with Gasteiger partial charge in [0, 0.05) is 18.1 Å². The molecular weight excluding hydrogens is 330 g/mol. The van der Waals surface area contributed by atoms with Gasteiger partial charge >= 0.3 is 5.97 Å². The van der Waals surface area contributed by atoms with E-state index in [1.807, 2.05) is 0 Å². The number of amides is 1. The molecule has 24 heavy (non-hydrogen) atoms. The molecule has 1 heterocycles. The largest absolute Gasteiger partial charge is 0.481 e. The van der Waals surface area contributed by atoms with E-state index in [2.05, 4.69) is 0 Å². The molecular formula is C18H22ClNO4. The first-order valence-electron chi connectivity index (χ1n) is 8.24. The van der Waals surface area contributed by atoms with Gasteiger partial charge in [0.25, 0.3) is 5.91 Å². The molecule has 0 aromatic heterocycles. The van der Waals surface area contributed by atoms with Crippen LogP contribution in [-0.4, -0.2) is 40.6 Å². The summed E-state index contributed by atoms with van der Waals surface area (Å²) in [6.45, 7) is 4.17. The Kier molecular flexibility index (Phi) is 4.47. The molecule has 0 radical (unpaired) electrons. The number of carboxylic acids is 1. The van der Waals surface area contributed by atoms with Crippen molar-refractivity contribution in [3.8, 4) is 5.75 Å². The number of hydrogen-bond donors (Lipinski definition) is 1. The van der Waals surface area contributed by atoms with Crippen molar-refractivity contribution in [2.75, 3.05) is 13.1 Å². The molecule has 0 bridgehead atoms. The van der Waals surface area contributed by atoms with Crippen LogP contribution in [0.3, 0.4) is 0 Å². The van der Waals surface area contributed by atoms with Crippen LogP contribution in [0.2, 0.25) is 5.02 Å². The number of carboxylic acid groups (broad SMARTS) is 1. The van der Waals surface area contributed by atoms with Crippen molar-refractivity contribution in [1.82, 2.24) is 4.90 Å². The molecule has 5 nitrogen and oxygen atoms in total. The number of carbonyl (C=O) groups excluding carboxylic acids is 1. The highest BCUT2D eigenvalue weighted by atomic mass is 35.5. The fourth-order valence-corrected chi connectivity index (χ4v) is 3.69. The number of hydrogen-bond acceptors (Lipinski definition) is 3. The van der Waals surface area contributed by atoms with Crippen LogP contribution in [0.1, 0.15) is 26.7 Å². The van der Waals surface area contributed by atoms with Gasteiger partial charge in [-0.1, -0.05) is 17.7 Å². The molecule has 3 rings (SSSR count). The van der Waals surface area contributed by atoms with Crippen molar-refractivity contribution < 1.29 is 19.4 Å². The van der Waals surface area contributed by atoms with Crippen LogP contribution in [0, 0.1) is 17.8 Å². The van der Waals surface area contributed by atoms with Crippen LogP contribution in [-0.2, 0) is 9.59 Å². The van der Waals surface area contributed by atoms with Crippen LogP contribution < -0.4 is 4.74 Å². The molecule has 130 valence electrons. The second kappa shape index (κ2) is 6.28. The maximum Gasteiger partial charge on any atom is 0.308 e. The van der Waals surface area contributed by atoms with Gasteiger partial charge in [0.2, 0.25) is 0 Å². The number of aliphatic carboxylic acids is 1. The zero-order valence-electron chi connectivity index (χ0n) is 13.9. The lowest BCUT2D eigenvalue weighted by atomic mass is 9.92. The summed E-state index contributed by atoms with van der Waals surface area (Å²) in [5.74, 6) is -0.432. The topological polar surface area (TPSA) is 66.8 Å². The van der Waals surface area contributed by atoms with Crippen LogP contribution >= 0.6 is 11.6 Å². The van der Waals surface area contributed by atoms with E-state index in [-0.39, 0.29) is 18.4 Å². The SMILES string of the molecule is CC(C)(Oc1cccc(Cl)c1)C(=O)N1C[C@H](C(=O)O)[C@@H](C2CC2)C1. The quantitative estimate of drug-likeness (QED) is 0.885. The lowest BCUT2D eigenvalue weighted by Crippen LogP contribution is -2.48. The maximum atomic E-state index is 12.9. The standard InChI is InChI=1S/C18H22ClNO4/c1-18(2,24-13-5-3-4-12(19)8-13)17(23)20-9-14(11-6-7-11)15(10-20)16(21)22/h3-5,8,11,14-15H,6-7,9-10H2,1-2H3,(H,21,22)/t14-,15+/m1/s1. The zero-order valence-corrected chi connectivity index (χ0v) is 14.6. The number of benzene rings is 1. The van der Waals surface area contributed by atoms with E-state index in [1.54, 1.807) is 43.0 Å². The second-order valence-corrected chi connectivity index (χ2v) is 7.66. The first-order valence-corrected chi connectivity index (χ1v) is 8.62. The first kappa shape index (κ1) is 17.1. The molecule has 2 fully saturated rings. The molecule has 1 aromatic carbocycles. The van der Waals surface area contributed by atoms with Crippen LogP contribution in [0.25, 0.3) is 0 Å². The number of likely N-dealkylation sites (tertiary alicyclic amines) is 1. The highest BCUT2D eigenvalue weighted by Crippen LogP contribution is 2.44. The highest BCUT2D eigenvalue weighted by Gasteiger charge is 2.49. The number of rotatable bonds is 5. The van der Waals surface area contributed by atoms with Gasteiger partial charge < -0.3 is 14.7 Å². The van der Waals surface area contributed by atoms with E-state index in [9.17, 15) is 14.7 Å². The Morgan fingerprint density at radius 2 is 2.00 bits per heavy atom. The van der Waals surface area contributed by atoms with E-state index in [4.69, 9.17) is 16.3 Å². The van der Waals surface area contributed by atoms with Crippen LogP contribution in [0.5, 0.6) is 5.75 Å². The molecule has 1 aliphatic heterocycles. The average Bonchev–Trinajstić information content (AvgIpc) is 3.24. The molecule has 1 saturated carbocycles. The van der Waals surface area contributed by atoms with Gasteiger partial charge in [-0.05, 0) is 56.7 Å². The first-order chi connectivity index (χ1) is 11.3. The Morgan fingerprint density at radius 3 is 2.58 bits per heavy atom. The summed E-state index contributed by atoms with van der Waals surface area (Å²) in [4.78, 5) is 26.0. The fourth-order valence-electron chi connectivity index (χ4n) is 3.51. The van der Waals surface area contributed by atoms with Crippen molar-refractivity contribution in [2.45, 2.75) is 32.3 Å². The molecule has 1 saturated heterocycles. The molecule has 1 amide bonds. The predicted molar refractivity (Wildman–Crippen MR) is 90.1 cm³/mol. The second-order valence-electron chi connectivity index (χ2n) is 7.23. The van der Waals surface area contributed by atoms with Crippen molar-refractivity contribution in [1.29, 1.82) is 0 Å². The van der Waals surface area contributed by atoms with E-state index < -0.39 is 17.5 Å². The van der Waals surface area contributed by atoms with E-state index >= 15 is 0 Å². The Bertz CT molecular complexity index is 656. The molecule has 1 N–H and O–H groups in total. The number of nitrogens with zero attached hydrogens (tertiary/aromatic N) is 1. The molecule has 6 heteroatoms. The Labute approximate surface area is 146 Å². The Balaban J connectivity index is 1.71. The van der Waals surface area contributed by atoms with Crippen molar-refractivity contribution in [3.63, 3.8) is 0 Å². The minimum Gasteiger partial charge on any atom is -0.481 e. The summed E-state index contributed by atoms with van der Waals surface area (Å²) in [6, 6.07) is 6.91. The van der Waals surface area contributed by atoms with Gasteiger partial charge in [0.05, 0.1) is 5.92 Å². The van der Waals surface area contributed by atoms with Crippen molar-refractivity contribution in [3.05, 3.63) is 29.3 Å². The fraction of sp³-hybridized carbons (Fsp3) is 0.556. The lowest BCUT2D eigenvalue weighted by molar-refractivity contribution is -0.145. The van der Waals surface area contributed by atoms with E-state index in [0.717, 1.165) is 12.8 Å². The summed E-state index contributed by atoms with van der Waals surface area (Å²) in [5, 5.41) is 9.98. The molecule has 0 unspecified atom stereocenters. The lowest BCUT2D eigenvalue weighted by Gasteiger charge is -2.30. The Hall–Kier alpha value is -1.75. The van der Waals surface area contributed by atoms with Gasteiger partial charge in [-0.15, -0.1) is 0 Å². The average molecular weight is 352 g/mol. The summed E-state index contributed by atoms with van der Waals surface area (Å²) in [5.41, 5.74) is -1.08. The molecule has 2 aliphatic rings. The smallest absolute Gasteiger partial charge is 0.308 e. The third kappa shape index (κ3) is 3.51. The third-order valence-electron chi connectivity index (χ3n) is 4.88. The van der Waals surface area contributed by atoms with Gasteiger partial charge in [-0.25, -0.2) is 0 Å². The third-order valence-corrected chi connectivity index (χ3v) is 5.12. The monoisotopic (exact) mass is 351 g/mol. The van der Waals surface area contributed by atoms with Gasteiger partial charge in [0.1, 0.15) is 5.75 Å². The summed E-state index contributed by atoms with van der Waals surface area (Å²) in [7, 11) is 0. The molecule has 2 atom stereocenters. The van der Waals surface area contributed by atoms with Crippen molar-refractivity contribution >= 4 is 23.5 Å². The summed E-state index contributed by atoms with van der Waals surface area (Å²) >= 11 is 5.95. The van der Waals surface area contributed by atoms with Gasteiger partial charge in [-0.3, -0.25) is 9.59 Å². The number of halogens is 1. The van der Waals surface area contributed by atoms with Gasteiger partial charge in [-0.2, -0.15) is 0 Å². The Morgan fingerprint density at radius 1 is 1.29 bits per heavy atom. The minimum absolute atomic E-state index is 0.0634. The van der Waals surface area contributed by atoms with Gasteiger partial charge in [0.15, 0.2) is 5.60 Å². The van der Waals surface area contributed by atoms with Crippen molar-refractivity contribution in [2.24, 2.45) is 17.8 Å². The van der Waals surface area contributed by atoms with E-state index in [1.165, 1.54) is 0 Å². The van der Waals surface area contributed by atoms with Crippen LogP contribution in [0.4, 0.5) is 0 Å². The molecule has 0 spiro atoms. The van der Waals surface area contributed by atoms with E-state index in [0.29, 0.717) is 23.2 Å². The summed E-state index contributed by atoms with van der Waals surface area (Å²) < 4.78 is 5.84.